The largest absolute Gasteiger partial charge is 0.324 e. The van der Waals surface area contributed by atoms with Gasteiger partial charge in [-0.05, 0) is 49.8 Å². The van der Waals surface area contributed by atoms with Gasteiger partial charge in [-0.25, -0.2) is 0 Å². The maximum Gasteiger partial charge on any atom is 0.247 e. The van der Waals surface area contributed by atoms with Crippen molar-refractivity contribution in [1.29, 1.82) is 0 Å². The lowest BCUT2D eigenvalue weighted by Gasteiger charge is -2.27. The van der Waals surface area contributed by atoms with Crippen molar-refractivity contribution < 1.29 is 14.4 Å². The minimum Gasteiger partial charge on any atom is -0.324 e. The normalized spacial score (nSPS) is 22.9. The lowest BCUT2D eigenvalue weighted by Crippen LogP contribution is -2.48. The highest BCUT2D eigenvalue weighted by molar-refractivity contribution is 6.31. The van der Waals surface area contributed by atoms with E-state index >= 15 is 0 Å². The van der Waals surface area contributed by atoms with Crippen molar-refractivity contribution in [2.45, 2.75) is 46.1 Å². The van der Waals surface area contributed by atoms with Crippen molar-refractivity contribution in [3.05, 3.63) is 40.9 Å². The molecule has 1 N–H and O–H groups in total. The average molecular weight is 389 g/mol. The Kier molecular flexibility index (Phi) is 5.70. The van der Waals surface area contributed by atoms with E-state index in [0.717, 1.165) is 5.56 Å². The summed E-state index contributed by atoms with van der Waals surface area (Å²) in [6.45, 7) is 5.77. The Bertz CT molecular complexity index is 777. The van der Waals surface area contributed by atoms with Crippen LogP contribution in [-0.4, -0.2) is 28.7 Å². The fourth-order valence-electron chi connectivity index (χ4n) is 3.87. The highest BCUT2D eigenvalue weighted by Gasteiger charge is 2.51. The highest BCUT2D eigenvalue weighted by atomic mass is 35.5. The van der Waals surface area contributed by atoms with E-state index in [0.29, 0.717) is 30.0 Å². The number of halogens is 1. The molecule has 5 nitrogen and oxygen atoms in total. The predicted octanol–water partition coefficient (Wildman–Crippen LogP) is 3.95. The summed E-state index contributed by atoms with van der Waals surface area (Å²) in [6, 6.07) is 4.47. The molecule has 3 atom stereocenters. The Balaban J connectivity index is 1.87. The van der Waals surface area contributed by atoms with Gasteiger partial charge < -0.3 is 5.32 Å². The number of nitrogens with zero attached hydrogens (tertiary/aromatic N) is 1. The van der Waals surface area contributed by atoms with Gasteiger partial charge in [0.2, 0.25) is 17.7 Å². The summed E-state index contributed by atoms with van der Waals surface area (Å²) in [5, 5.41) is 3.42. The van der Waals surface area contributed by atoms with Crippen LogP contribution in [0.1, 0.15) is 38.7 Å². The van der Waals surface area contributed by atoms with Gasteiger partial charge >= 0.3 is 0 Å². The third-order valence-corrected chi connectivity index (χ3v) is 5.79. The minimum absolute atomic E-state index is 0.155. The van der Waals surface area contributed by atoms with Gasteiger partial charge in [-0.3, -0.25) is 19.3 Å². The van der Waals surface area contributed by atoms with Gasteiger partial charge in [-0.1, -0.05) is 43.7 Å². The van der Waals surface area contributed by atoms with Crippen LogP contribution in [0.2, 0.25) is 5.02 Å². The summed E-state index contributed by atoms with van der Waals surface area (Å²) in [5.74, 6) is -1.31. The SMILES string of the molecule is Cc1c(Cl)cccc1NC(=O)C(CC(C)C)N1C(=O)C2CC=CCC2C1=O. The van der Waals surface area contributed by atoms with Crippen LogP contribution in [0.4, 0.5) is 5.69 Å². The van der Waals surface area contributed by atoms with E-state index in [4.69, 9.17) is 11.6 Å². The fraction of sp³-hybridized carbons (Fsp3) is 0.476. The Morgan fingerprint density at radius 1 is 1.19 bits per heavy atom. The molecule has 1 aromatic carbocycles. The van der Waals surface area contributed by atoms with Gasteiger partial charge in [-0.2, -0.15) is 0 Å². The first-order valence-corrected chi connectivity index (χ1v) is 9.77. The second-order valence-electron chi connectivity index (χ2n) is 7.75. The molecular formula is C21H25ClN2O3. The van der Waals surface area contributed by atoms with Crippen LogP contribution in [0.3, 0.4) is 0 Å². The van der Waals surface area contributed by atoms with Crippen molar-refractivity contribution in [1.82, 2.24) is 4.90 Å². The molecule has 2 aliphatic rings. The van der Waals surface area contributed by atoms with Crippen molar-refractivity contribution >= 4 is 35.0 Å². The first-order valence-electron chi connectivity index (χ1n) is 9.39. The molecule has 3 rings (SSSR count). The predicted molar refractivity (Wildman–Crippen MR) is 105 cm³/mol. The van der Waals surface area contributed by atoms with Crippen LogP contribution in [0, 0.1) is 24.7 Å². The molecule has 3 unspecified atom stereocenters. The molecule has 27 heavy (non-hydrogen) atoms. The lowest BCUT2D eigenvalue weighted by molar-refractivity contribution is -0.147. The van der Waals surface area contributed by atoms with Crippen LogP contribution < -0.4 is 5.32 Å². The van der Waals surface area contributed by atoms with E-state index in [1.807, 2.05) is 32.9 Å². The van der Waals surface area contributed by atoms with Gasteiger partial charge in [0, 0.05) is 10.7 Å². The van der Waals surface area contributed by atoms with Gasteiger partial charge in [0.05, 0.1) is 11.8 Å². The van der Waals surface area contributed by atoms with Crippen molar-refractivity contribution in [3.8, 4) is 0 Å². The number of nitrogens with one attached hydrogen (secondary N) is 1. The van der Waals surface area contributed by atoms with Crippen LogP contribution in [-0.2, 0) is 14.4 Å². The number of anilines is 1. The molecule has 3 amide bonds. The number of imide groups is 1. The van der Waals surface area contributed by atoms with E-state index in [2.05, 4.69) is 5.32 Å². The van der Waals surface area contributed by atoms with E-state index in [9.17, 15) is 14.4 Å². The minimum atomic E-state index is -0.811. The Morgan fingerprint density at radius 2 is 1.78 bits per heavy atom. The molecule has 1 saturated heterocycles. The quantitative estimate of drug-likeness (QED) is 0.613. The molecule has 0 bridgehead atoms. The molecule has 6 heteroatoms. The van der Waals surface area contributed by atoms with E-state index < -0.39 is 6.04 Å². The third-order valence-electron chi connectivity index (χ3n) is 5.38. The van der Waals surface area contributed by atoms with Gasteiger partial charge in [0.15, 0.2) is 0 Å². The van der Waals surface area contributed by atoms with E-state index in [1.165, 1.54) is 4.90 Å². The highest BCUT2D eigenvalue weighted by Crippen LogP contribution is 2.37. The Hall–Kier alpha value is -2.14. The summed E-state index contributed by atoms with van der Waals surface area (Å²) < 4.78 is 0. The number of amides is 3. The van der Waals surface area contributed by atoms with Crippen LogP contribution in [0.15, 0.2) is 30.4 Å². The molecule has 1 fully saturated rings. The van der Waals surface area contributed by atoms with Crippen LogP contribution in [0.25, 0.3) is 0 Å². The summed E-state index contributed by atoms with van der Waals surface area (Å²) >= 11 is 6.14. The molecule has 0 aromatic heterocycles. The number of carbonyl (C=O) groups excluding carboxylic acids is 3. The average Bonchev–Trinajstić information content (AvgIpc) is 2.88. The second-order valence-corrected chi connectivity index (χ2v) is 8.16. The molecule has 1 aromatic rings. The third kappa shape index (κ3) is 3.79. The Morgan fingerprint density at radius 3 is 2.33 bits per heavy atom. The van der Waals surface area contributed by atoms with Gasteiger partial charge in [-0.15, -0.1) is 0 Å². The van der Waals surface area contributed by atoms with Crippen molar-refractivity contribution in [2.24, 2.45) is 17.8 Å². The number of carbonyl (C=O) groups is 3. The summed E-state index contributed by atoms with van der Waals surface area (Å²) in [7, 11) is 0. The zero-order valence-electron chi connectivity index (χ0n) is 15.9. The number of fused-ring (bicyclic) bond motifs is 1. The summed E-state index contributed by atoms with van der Waals surface area (Å²) in [5.41, 5.74) is 1.35. The lowest BCUT2D eigenvalue weighted by atomic mass is 9.85. The topological polar surface area (TPSA) is 66.5 Å². The van der Waals surface area contributed by atoms with Crippen molar-refractivity contribution in [3.63, 3.8) is 0 Å². The number of rotatable bonds is 5. The number of likely N-dealkylation sites (tertiary alicyclic amines) is 1. The molecule has 0 saturated carbocycles. The second kappa shape index (κ2) is 7.85. The molecule has 1 heterocycles. The molecule has 1 aliphatic carbocycles. The van der Waals surface area contributed by atoms with Gasteiger partial charge in [0.1, 0.15) is 6.04 Å². The number of benzene rings is 1. The zero-order chi connectivity index (χ0) is 19.7. The zero-order valence-corrected chi connectivity index (χ0v) is 16.6. The number of hydrogen-bond acceptors (Lipinski definition) is 3. The number of allylic oxidation sites excluding steroid dienone is 2. The first kappa shape index (κ1) is 19.6. The van der Waals surface area contributed by atoms with Crippen molar-refractivity contribution in [2.75, 3.05) is 5.32 Å². The molecule has 0 spiro atoms. The standard InChI is InChI=1S/C21H25ClN2O3/c1-12(2)11-18(19(25)23-17-10-6-9-16(22)13(17)3)24-20(26)14-7-4-5-8-15(14)21(24)27/h4-6,9-10,12,14-15,18H,7-8,11H2,1-3H3,(H,23,25). The summed E-state index contributed by atoms with van der Waals surface area (Å²) in [6.07, 6.45) is 5.45. The maximum atomic E-state index is 13.1. The van der Waals surface area contributed by atoms with Gasteiger partial charge in [0.25, 0.3) is 0 Å². The van der Waals surface area contributed by atoms with E-state index in [1.54, 1.807) is 18.2 Å². The summed E-state index contributed by atoms with van der Waals surface area (Å²) in [4.78, 5) is 40.1. The molecular weight excluding hydrogens is 364 g/mol. The maximum absolute atomic E-state index is 13.1. The van der Waals surface area contributed by atoms with Crippen LogP contribution in [0.5, 0.6) is 0 Å². The number of hydrogen-bond donors (Lipinski definition) is 1. The first-order chi connectivity index (χ1) is 12.8. The fourth-order valence-corrected chi connectivity index (χ4v) is 4.04. The smallest absolute Gasteiger partial charge is 0.247 e. The van der Waals surface area contributed by atoms with E-state index in [-0.39, 0.29) is 35.5 Å². The molecule has 0 radical (unpaired) electrons. The van der Waals surface area contributed by atoms with Crippen LogP contribution >= 0.6 is 11.6 Å². The monoisotopic (exact) mass is 388 g/mol. The molecule has 1 aliphatic heterocycles. The Labute approximate surface area is 164 Å². The molecule has 144 valence electrons.